The summed E-state index contributed by atoms with van der Waals surface area (Å²) in [6, 6.07) is 18.1. The molecular weight excluding hydrogens is 322 g/mol. The normalized spacial score (nSPS) is 27.0. The van der Waals surface area contributed by atoms with Gasteiger partial charge in [-0.15, -0.1) is 0 Å². The highest BCUT2D eigenvalue weighted by Crippen LogP contribution is 2.42. The second-order valence-electron chi connectivity index (χ2n) is 6.42. The number of benzene rings is 2. The van der Waals surface area contributed by atoms with Crippen molar-refractivity contribution >= 4 is 21.6 Å². The average molecular weight is 342 g/mol. The lowest BCUT2D eigenvalue weighted by atomic mass is 9.94. The van der Waals surface area contributed by atoms with Gasteiger partial charge in [0, 0.05) is 16.2 Å². The second-order valence-corrected chi connectivity index (χ2v) is 7.28. The number of hydrogen-bond donors (Lipinski definition) is 1. The molecule has 2 aromatic carbocycles. The van der Waals surface area contributed by atoms with Crippen molar-refractivity contribution in [3.05, 3.63) is 64.1 Å². The van der Waals surface area contributed by atoms with Gasteiger partial charge < -0.3 is 5.32 Å². The molecule has 2 unspecified atom stereocenters. The molecule has 21 heavy (non-hydrogen) atoms. The zero-order chi connectivity index (χ0) is 14.2. The molecule has 2 aromatic rings. The Morgan fingerprint density at radius 2 is 1.38 bits per heavy atom. The highest BCUT2D eigenvalue weighted by Gasteiger charge is 2.38. The van der Waals surface area contributed by atoms with Crippen LogP contribution >= 0.6 is 15.9 Å². The lowest BCUT2D eigenvalue weighted by Crippen LogP contribution is -2.31. The van der Waals surface area contributed by atoms with E-state index in [9.17, 15) is 0 Å². The third-order valence-electron chi connectivity index (χ3n) is 5.20. The van der Waals surface area contributed by atoms with Crippen LogP contribution in [0.15, 0.2) is 53.0 Å². The molecule has 1 N–H and O–H groups in total. The minimum absolute atomic E-state index is 0.608. The molecule has 2 aliphatic carbocycles. The molecule has 0 radical (unpaired) electrons. The molecule has 0 aromatic heterocycles. The first-order valence-electron chi connectivity index (χ1n) is 7.89. The summed E-state index contributed by atoms with van der Waals surface area (Å²) in [7, 11) is 0. The molecule has 108 valence electrons. The topological polar surface area (TPSA) is 12.0 Å². The van der Waals surface area contributed by atoms with Gasteiger partial charge >= 0.3 is 0 Å². The molecule has 0 heterocycles. The summed E-state index contributed by atoms with van der Waals surface area (Å²) in [4.78, 5) is 0. The first kappa shape index (κ1) is 13.4. The van der Waals surface area contributed by atoms with Crippen LogP contribution in [0.25, 0.3) is 0 Å². The van der Waals surface area contributed by atoms with E-state index in [0.717, 1.165) is 11.8 Å². The summed E-state index contributed by atoms with van der Waals surface area (Å²) in [6.45, 7) is 0. The number of hydrogen-bond acceptors (Lipinski definition) is 1. The van der Waals surface area contributed by atoms with E-state index in [1.807, 2.05) is 0 Å². The lowest BCUT2D eigenvalue weighted by Gasteiger charge is -2.25. The number of halogens is 1. The molecule has 0 spiro atoms. The molecular formula is C19H20BrN. The molecule has 2 heteroatoms. The number of nitrogens with one attached hydrogen (secondary N) is 1. The van der Waals surface area contributed by atoms with E-state index >= 15 is 0 Å². The van der Waals surface area contributed by atoms with Crippen LogP contribution in [0.2, 0.25) is 0 Å². The monoisotopic (exact) mass is 341 g/mol. The van der Waals surface area contributed by atoms with Crippen molar-refractivity contribution in [1.82, 2.24) is 0 Å². The van der Waals surface area contributed by atoms with Gasteiger partial charge in [-0.1, -0.05) is 36.4 Å². The Labute approximate surface area is 134 Å². The molecule has 0 saturated heterocycles. The molecule has 1 saturated carbocycles. The van der Waals surface area contributed by atoms with E-state index in [4.69, 9.17) is 0 Å². The molecule has 2 bridgehead atoms. The largest absolute Gasteiger partial charge is 0.381 e. The summed E-state index contributed by atoms with van der Waals surface area (Å²) >= 11 is 3.67. The van der Waals surface area contributed by atoms with Crippen LogP contribution in [0.4, 0.5) is 5.69 Å². The van der Waals surface area contributed by atoms with Crippen LogP contribution in [0.1, 0.15) is 24.0 Å². The Hall–Kier alpha value is -1.28. The van der Waals surface area contributed by atoms with Crippen LogP contribution in [0.3, 0.4) is 0 Å². The van der Waals surface area contributed by atoms with Crippen molar-refractivity contribution in [3.8, 4) is 0 Å². The standard InChI is InChI=1S/C19H20BrN/c20-17-7-3-4-8-18(17)21-19-15-9-10-16(19)12-14-6-2-1-5-13(14)11-15/h1-8,15-16,19,21H,9-12H2. The molecule has 2 aliphatic rings. The summed E-state index contributed by atoms with van der Waals surface area (Å²) in [6.07, 6.45) is 5.19. The maximum atomic E-state index is 3.84. The Kier molecular flexibility index (Phi) is 3.50. The fraction of sp³-hybridized carbons (Fsp3) is 0.368. The minimum Gasteiger partial charge on any atom is -0.381 e. The third kappa shape index (κ3) is 2.50. The van der Waals surface area contributed by atoms with Crippen LogP contribution < -0.4 is 5.32 Å². The fourth-order valence-electron chi connectivity index (χ4n) is 4.14. The van der Waals surface area contributed by atoms with Crippen LogP contribution in [-0.2, 0) is 12.8 Å². The predicted molar refractivity (Wildman–Crippen MR) is 91.6 cm³/mol. The van der Waals surface area contributed by atoms with Gasteiger partial charge in [0.25, 0.3) is 0 Å². The molecule has 1 nitrogen and oxygen atoms in total. The number of para-hydroxylation sites is 1. The summed E-state index contributed by atoms with van der Waals surface area (Å²) in [5.41, 5.74) is 4.39. The van der Waals surface area contributed by atoms with Gasteiger partial charge in [0.1, 0.15) is 0 Å². The van der Waals surface area contributed by atoms with Crippen LogP contribution in [0, 0.1) is 11.8 Å². The molecule has 4 rings (SSSR count). The third-order valence-corrected chi connectivity index (χ3v) is 5.89. The van der Waals surface area contributed by atoms with E-state index in [-0.39, 0.29) is 0 Å². The van der Waals surface area contributed by atoms with E-state index in [1.165, 1.54) is 35.8 Å². The minimum atomic E-state index is 0.608. The van der Waals surface area contributed by atoms with Crippen LogP contribution in [0.5, 0.6) is 0 Å². The second kappa shape index (κ2) is 5.49. The molecule has 0 aliphatic heterocycles. The van der Waals surface area contributed by atoms with Gasteiger partial charge in [0.05, 0.1) is 0 Å². The van der Waals surface area contributed by atoms with Gasteiger partial charge in [0.2, 0.25) is 0 Å². The zero-order valence-electron chi connectivity index (χ0n) is 12.1. The van der Waals surface area contributed by atoms with Crippen molar-refractivity contribution in [2.24, 2.45) is 11.8 Å². The maximum Gasteiger partial charge on any atom is 0.0486 e. The molecule has 1 fully saturated rings. The zero-order valence-corrected chi connectivity index (χ0v) is 13.6. The van der Waals surface area contributed by atoms with Gasteiger partial charge in [-0.25, -0.2) is 0 Å². The van der Waals surface area contributed by atoms with Crippen molar-refractivity contribution in [1.29, 1.82) is 0 Å². The summed E-state index contributed by atoms with van der Waals surface area (Å²) < 4.78 is 1.17. The van der Waals surface area contributed by atoms with Gasteiger partial charge in [-0.3, -0.25) is 0 Å². The summed E-state index contributed by atoms with van der Waals surface area (Å²) in [5, 5.41) is 3.84. The molecule has 2 atom stereocenters. The van der Waals surface area contributed by atoms with Gasteiger partial charge in [-0.05, 0) is 76.7 Å². The predicted octanol–water partition coefficient (Wildman–Crippen LogP) is 5.05. The van der Waals surface area contributed by atoms with E-state index in [2.05, 4.69) is 69.8 Å². The Morgan fingerprint density at radius 1 is 0.810 bits per heavy atom. The van der Waals surface area contributed by atoms with Crippen molar-refractivity contribution in [2.75, 3.05) is 5.32 Å². The Bertz CT molecular complexity index is 619. The number of fused-ring (bicyclic) bond motifs is 3. The van der Waals surface area contributed by atoms with E-state index in [1.54, 1.807) is 11.1 Å². The van der Waals surface area contributed by atoms with E-state index < -0.39 is 0 Å². The highest BCUT2D eigenvalue weighted by atomic mass is 79.9. The molecule has 0 amide bonds. The number of rotatable bonds is 2. The van der Waals surface area contributed by atoms with Crippen molar-refractivity contribution < 1.29 is 0 Å². The van der Waals surface area contributed by atoms with Gasteiger partial charge in [-0.2, -0.15) is 0 Å². The smallest absolute Gasteiger partial charge is 0.0486 e. The lowest BCUT2D eigenvalue weighted by molar-refractivity contribution is 0.449. The highest BCUT2D eigenvalue weighted by molar-refractivity contribution is 9.10. The SMILES string of the molecule is Brc1ccccc1NC1C2CCC1Cc1ccccc1C2. The van der Waals surface area contributed by atoms with Gasteiger partial charge in [0.15, 0.2) is 0 Å². The van der Waals surface area contributed by atoms with Crippen LogP contribution in [-0.4, -0.2) is 6.04 Å². The fourth-order valence-corrected chi connectivity index (χ4v) is 4.54. The summed E-state index contributed by atoms with van der Waals surface area (Å²) in [5.74, 6) is 1.54. The van der Waals surface area contributed by atoms with Crippen molar-refractivity contribution in [2.45, 2.75) is 31.7 Å². The number of anilines is 1. The Balaban J connectivity index is 1.62. The average Bonchev–Trinajstić information content (AvgIpc) is 2.76. The van der Waals surface area contributed by atoms with Crippen molar-refractivity contribution in [3.63, 3.8) is 0 Å². The van der Waals surface area contributed by atoms with E-state index in [0.29, 0.717) is 6.04 Å². The quantitative estimate of drug-likeness (QED) is 0.805. The maximum absolute atomic E-state index is 3.84. The first-order valence-corrected chi connectivity index (χ1v) is 8.68. The Morgan fingerprint density at radius 3 is 2.00 bits per heavy atom. The first-order chi connectivity index (χ1) is 10.3.